The van der Waals surface area contributed by atoms with Gasteiger partial charge in [-0.05, 0) is 36.8 Å². The molecule has 0 aliphatic carbocycles. The van der Waals surface area contributed by atoms with E-state index in [-0.39, 0.29) is 0 Å². The zero-order chi connectivity index (χ0) is 14.2. The van der Waals surface area contributed by atoms with Gasteiger partial charge in [-0.1, -0.05) is 29.8 Å². The van der Waals surface area contributed by atoms with Crippen molar-refractivity contribution in [1.82, 2.24) is 5.32 Å². The maximum absolute atomic E-state index is 5.14. The highest BCUT2D eigenvalue weighted by atomic mass is 16.5. The molecule has 0 heterocycles. The molecule has 0 atom stereocenters. The Balaban J connectivity index is 1.64. The van der Waals surface area contributed by atoms with Crippen LogP contribution in [0.25, 0.3) is 0 Å². The van der Waals surface area contributed by atoms with E-state index in [1.807, 2.05) is 12.1 Å². The zero-order valence-corrected chi connectivity index (χ0v) is 12.1. The Bertz CT molecular complexity index is 506. The normalized spacial score (nSPS) is 10.3. The maximum Gasteiger partial charge on any atom is 0.118 e. The van der Waals surface area contributed by atoms with E-state index in [1.165, 1.54) is 16.8 Å². The molecule has 0 saturated heterocycles. The van der Waals surface area contributed by atoms with Crippen LogP contribution in [0, 0.1) is 6.92 Å². The smallest absolute Gasteiger partial charge is 0.118 e. The Labute approximate surface area is 121 Å². The maximum atomic E-state index is 5.14. The highest BCUT2D eigenvalue weighted by molar-refractivity contribution is 5.44. The van der Waals surface area contributed by atoms with Gasteiger partial charge in [-0.2, -0.15) is 0 Å². The van der Waals surface area contributed by atoms with Gasteiger partial charge in [0.1, 0.15) is 5.75 Å². The standard InChI is InChI=1S/C17H22N2O/c1-14-3-7-16(8-4-14)19-12-11-18-13-15-5-9-17(20-2)10-6-15/h3-10,18-19H,11-13H2,1-2H3. The molecule has 2 aromatic rings. The molecule has 0 saturated carbocycles. The molecule has 0 aliphatic heterocycles. The highest BCUT2D eigenvalue weighted by Crippen LogP contribution is 2.11. The van der Waals surface area contributed by atoms with Crippen LogP contribution >= 0.6 is 0 Å². The van der Waals surface area contributed by atoms with Crippen LogP contribution in [0.3, 0.4) is 0 Å². The number of hydrogen-bond donors (Lipinski definition) is 2. The lowest BCUT2D eigenvalue weighted by molar-refractivity contribution is 0.414. The van der Waals surface area contributed by atoms with Gasteiger partial charge in [0.25, 0.3) is 0 Å². The van der Waals surface area contributed by atoms with Gasteiger partial charge in [0, 0.05) is 25.3 Å². The van der Waals surface area contributed by atoms with Crippen molar-refractivity contribution in [2.45, 2.75) is 13.5 Å². The summed E-state index contributed by atoms with van der Waals surface area (Å²) in [6, 6.07) is 16.6. The minimum Gasteiger partial charge on any atom is -0.497 e. The van der Waals surface area contributed by atoms with E-state index >= 15 is 0 Å². The molecule has 0 amide bonds. The highest BCUT2D eigenvalue weighted by Gasteiger charge is 1.95. The molecule has 3 heteroatoms. The first-order valence-corrected chi connectivity index (χ1v) is 6.92. The summed E-state index contributed by atoms with van der Waals surface area (Å²) < 4.78 is 5.14. The quantitative estimate of drug-likeness (QED) is 0.758. The Morgan fingerprint density at radius 1 is 0.900 bits per heavy atom. The third-order valence-electron chi connectivity index (χ3n) is 3.17. The lowest BCUT2D eigenvalue weighted by Gasteiger charge is -2.08. The number of hydrogen-bond acceptors (Lipinski definition) is 3. The Morgan fingerprint density at radius 3 is 2.25 bits per heavy atom. The number of methoxy groups -OCH3 is 1. The van der Waals surface area contributed by atoms with Crippen molar-refractivity contribution < 1.29 is 4.74 Å². The van der Waals surface area contributed by atoms with Crippen molar-refractivity contribution in [2.24, 2.45) is 0 Å². The number of rotatable bonds is 7. The SMILES string of the molecule is COc1ccc(CNCCNc2ccc(C)cc2)cc1. The number of nitrogens with one attached hydrogen (secondary N) is 2. The summed E-state index contributed by atoms with van der Waals surface area (Å²) in [4.78, 5) is 0. The fraction of sp³-hybridized carbons (Fsp3) is 0.294. The second kappa shape index (κ2) is 7.56. The van der Waals surface area contributed by atoms with Crippen LogP contribution in [0.5, 0.6) is 5.75 Å². The zero-order valence-electron chi connectivity index (χ0n) is 12.1. The van der Waals surface area contributed by atoms with Gasteiger partial charge in [-0.3, -0.25) is 0 Å². The van der Waals surface area contributed by atoms with E-state index in [1.54, 1.807) is 7.11 Å². The Hall–Kier alpha value is -2.00. The van der Waals surface area contributed by atoms with Gasteiger partial charge in [-0.15, -0.1) is 0 Å². The second-order valence-electron chi connectivity index (χ2n) is 4.82. The van der Waals surface area contributed by atoms with Crippen LogP contribution in [0.1, 0.15) is 11.1 Å². The van der Waals surface area contributed by atoms with E-state index in [0.717, 1.165) is 25.4 Å². The average molecular weight is 270 g/mol. The molecule has 0 aliphatic rings. The Kier molecular flexibility index (Phi) is 5.44. The molecule has 106 valence electrons. The number of benzene rings is 2. The summed E-state index contributed by atoms with van der Waals surface area (Å²) in [5.41, 5.74) is 3.72. The van der Waals surface area contributed by atoms with E-state index in [0.29, 0.717) is 0 Å². The molecule has 0 aromatic heterocycles. The molecule has 0 fully saturated rings. The monoisotopic (exact) mass is 270 g/mol. The van der Waals surface area contributed by atoms with E-state index in [4.69, 9.17) is 4.74 Å². The summed E-state index contributed by atoms with van der Waals surface area (Å²) in [6.45, 7) is 4.82. The number of ether oxygens (including phenoxy) is 1. The average Bonchev–Trinajstić information content (AvgIpc) is 2.49. The Morgan fingerprint density at radius 2 is 1.60 bits per heavy atom. The lowest BCUT2D eigenvalue weighted by atomic mass is 10.2. The second-order valence-corrected chi connectivity index (χ2v) is 4.82. The topological polar surface area (TPSA) is 33.3 Å². The van der Waals surface area contributed by atoms with Crippen LogP contribution < -0.4 is 15.4 Å². The molecular weight excluding hydrogens is 248 g/mol. The molecule has 0 bridgehead atoms. The molecule has 2 aromatic carbocycles. The summed E-state index contributed by atoms with van der Waals surface area (Å²) >= 11 is 0. The van der Waals surface area contributed by atoms with E-state index < -0.39 is 0 Å². The van der Waals surface area contributed by atoms with Gasteiger partial charge in [0.2, 0.25) is 0 Å². The molecule has 0 unspecified atom stereocenters. The summed E-state index contributed by atoms with van der Waals surface area (Å²) in [5, 5.41) is 6.81. The van der Waals surface area contributed by atoms with E-state index in [2.05, 4.69) is 54.0 Å². The third kappa shape index (κ3) is 4.59. The fourth-order valence-corrected chi connectivity index (χ4v) is 1.94. The lowest BCUT2D eigenvalue weighted by Crippen LogP contribution is -2.21. The van der Waals surface area contributed by atoms with Crippen LogP contribution in [0.15, 0.2) is 48.5 Å². The van der Waals surface area contributed by atoms with Gasteiger partial charge in [-0.25, -0.2) is 0 Å². The van der Waals surface area contributed by atoms with Crippen LogP contribution in [-0.2, 0) is 6.54 Å². The molecule has 20 heavy (non-hydrogen) atoms. The van der Waals surface area contributed by atoms with E-state index in [9.17, 15) is 0 Å². The first-order chi connectivity index (χ1) is 9.78. The first kappa shape index (κ1) is 14.4. The molecular formula is C17H22N2O. The first-order valence-electron chi connectivity index (χ1n) is 6.92. The van der Waals surface area contributed by atoms with Gasteiger partial charge in [0.15, 0.2) is 0 Å². The summed E-state index contributed by atoms with van der Waals surface area (Å²) in [5.74, 6) is 0.898. The van der Waals surface area contributed by atoms with Gasteiger partial charge in [0.05, 0.1) is 7.11 Å². The predicted molar refractivity (Wildman–Crippen MR) is 84.4 cm³/mol. The van der Waals surface area contributed by atoms with Crippen molar-refractivity contribution in [3.8, 4) is 5.75 Å². The number of aryl methyl sites for hydroxylation is 1. The molecule has 2 N–H and O–H groups in total. The predicted octanol–water partition coefficient (Wildman–Crippen LogP) is 3.21. The van der Waals surface area contributed by atoms with Crippen molar-refractivity contribution in [3.05, 3.63) is 59.7 Å². The van der Waals surface area contributed by atoms with Crippen molar-refractivity contribution in [2.75, 3.05) is 25.5 Å². The van der Waals surface area contributed by atoms with Crippen molar-refractivity contribution in [1.29, 1.82) is 0 Å². The van der Waals surface area contributed by atoms with Gasteiger partial charge < -0.3 is 15.4 Å². The van der Waals surface area contributed by atoms with Crippen molar-refractivity contribution >= 4 is 5.69 Å². The number of anilines is 1. The minimum absolute atomic E-state index is 0.875. The van der Waals surface area contributed by atoms with Crippen LogP contribution in [0.4, 0.5) is 5.69 Å². The molecule has 0 spiro atoms. The fourth-order valence-electron chi connectivity index (χ4n) is 1.94. The largest absolute Gasteiger partial charge is 0.497 e. The molecule has 2 rings (SSSR count). The van der Waals surface area contributed by atoms with Crippen LogP contribution in [-0.4, -0.2) is 20.2 Å². The van der Waals surface area contributed by atoms with Gasteiger partial charge >= 0.3 is 0 Å². The van der Waals surface area contributed by atoms with Crippen molar-refractivity contribution in [3.63, 3.8) is 0 Å². The minimum atomic E-state index is 0.875. The summed E-state index contributed by atoms with van der Waals surface area (Å²) in [7, 11) is 1.68. The molecule has 0 radical (unpaired) electrons. The summed E-state index contributed by atoms with van der Waals surface area (Å²) in [6.07, 6.45) is 0. The third-order valence-corrected chi connectivity index (χ3v) is 3.17. The van der Waals surface area contributed by atoms with Crippen LogP contribution in [0.2, 0.25) is 0 Å². The molecule has 3 nitrogen and oxygen atoms in total.